The number of nitrogens with one attached hydrogen (secondary N) is 1. The molecular weight excluding hydrogens is 404 g/mol. The van der Waals surface area contributed by atoms with Gasteiger partial charge in [-0.3, -0.25) is 9.59 Å². The Kier molecular flexibility index (Phi) is 9.55. The molecule has 0 heterocycles. The highest BCUT2D eigenvalue weighted by Gasteiger charge is 2.25. The SMILES string of the molecule is CCCNC(=O)[C@@H](C)N(Cc1cccc(Cl)c1)C(=O)CSCc1ccc(C)cc1. The molecule has 29 heavy (non-hydrogen) atoms. The third kappa shape index (κ3) is 7.75. The van der Waals surface area contributed by atoms with Gasteiger partial charge in [-0.15, -0.1) is 11.8 Å². The van der Waals surface area contributed by atoms with E-state index in [4.69, 9.17) is 11.6 Å². The Morgan fingerprint density at radius 1 is 1.14 bits per heavy atom. The largest absolute Gasteiger partial charge is 0.354 e. The summed E-state index contributed by atoms with van der Waals surface area (Å²) in [6, 6.07) is 15.2. The molecule has 0 aromatic heterocycles. The van der Waals surface area contributed by atoms with E-state index in [0.717, 1.165) is 17.7 Å². The van der Waals surface area contributed by atoms with Gasteiger partial charge in [-0.2, -0.15) is 0 Å². The minimum Gasteiger partial charge on any atom is -0.354 e. The highest BCUT2D eigenvalue weighted by atomic mass is 35.5. The van der Waals surface area contributed by atoms with Crippen LogP contribution in [0.25, 0.3) is 0 Å². The van der Waals surface area contributed by atoms with E-state index in [1.165, 1.54) is 11.1 Å². The Bertz CT molecular complexity index is 811. The van der Waals surface area contributed by atoms with Gasteiger partial charge >= 0.3 is 0 Å². The molecule has 1 atom stereocenters. The first-order chi connectivity index (χ1) is 13.9. The fraction of sp³-hybridized carbons (Fsp3) is 0.391. The molecule has 156 valence electrons. The number of benzene rings is 2. The van der Waals surface area contributed by atoms with Gasteiger partial charge in [-0.05, 0) is 43.5 Å². The Hall–Kier alpha value is -1.98. The van der Waals surface area contributed by atoms with Crippen LogP contribution in [0.15, 0.2) is 48.5 Å². The molecule has 2 rings (SSSR count). The summed E-state index contributed by atoms with van der Waals surface area (Å²) in [6.45, 7) is 6.79. The standard InChI is InChI=1S/C23H29ClN2O2S/c1-4-12-25-23(28)18(3)26(14-20-6-5-7-21(24)13-20)22(27)16-29-15-19-10-8-17(2)9-11-19/h5-11,13,18H,4,12,14-16H2,1-3H3,(H,25,28)/t18-/m1/s1. The van der Waals surface area contributed by atoms with Crippen LogP contribution in [0.4, 0.5) is 0 Å². The van der Waals surface area contributed by atoms with Crippen molar-refractivity contribution in [3.05, 3.63) is 70.2 Å². The molecule has 0 spiro atoms. The molecule has 6 heteroatoms. The van der Waals surface area contributed by atoms with Gasteiger partial charge < -0.3 is 10.2 Å². The van der Waals surface area contributed by atoms with E-state index in [0.29, 0.717) is 23.9 Å². The van der Waals surface area contributed by atoms with E-state index in [9.17, 15) is 9.59 Å². The van der Waals surface area contributed by atoms with Gasteiger partial charge in [0.1, 0.15) is 6.04 Å². The molecule has 4 nitrogen and oxygen atoms in total. The second-order valence-corrected chi connectivity index (χ2v) is 8.52. The molecule has 0 unspecified atom stereocenters. The third-order valence-corrected chi connectivity index (χ3v) is 5.80. The molecule has 0 bridgehead atoms. The first kappa shape index (κ1) is 23.3. The highest BCUT2D eigenvalue weighted by Crippen LogP contribution is 2.18. The monoisotopic (exact) mass is 432 g/mol. The van der Waals surface area contributed by atoms with Crippen LogP contribution in [0.3, 0.4) is 0 Å². The molecule has 0 saturated carbocycles. The average Bonchev–Trinajstić information content (AvgIpc) is 2.71. The smallest absolute Gasteiger partial charge is 0.242 e. The van der Waals surface area contributed by atoms with E-state index in [2.05, 4.69) is 36.5 Å². The number of rotatable bonds is 10. The topological polar surface area (TPSA) is 49.4 Å². The molecule has 0 aliphatic carbocycles. The van der Waals surface area contributed by atoms with E-state index in [1.54, 1.807) is 29.7 Å². The quantitative estimate of drug-likeness (QED) is 0.585. The molecule has 2 aromatic carbocycles. The molecule has 0 saturated heterocycles. The first-order valence-electron chi connectivity index (χ1n) is 9.85. The summed E-state index contributed by atoms with van der Waals surface area (Å²) < 4.78 is 0. The lowest BCUT2D eigenvalue weighted by Crippen LogP contribution is -2.48. The molecular formula is C23H29ClN2O2S. The maximum Gasteiger partial charge on any atom is 0.242 e. The number of hydrogen-bond acceptors (Lipinski definition) is 3. The number of hydrogen-bond donors (Lipinski definition) is 1. The van der Waals surface area contributed by atoms with Crippen LogP contribution in [0.5, 0.6) is 0 Å². The summed E-state index contributed by atoms with van der Waals surface area (Å²) in [5.41, 5.74) is 3.31. The second-order valence-electron chi connectivity index (χ2n) is 7.10. The van der Waals surface area contributed by atoms with Crippen molar-refractivity contribution in [3.63, 3.8) is 0 Å². The second kappa shape index (κ2) is 11.9. The van der Waals surface area contributed by atoms with Crippen LogP contribution in [0.1, 0.15) is 37.0 Å². The number of halogens is 1. The summed E-state index contributed by atoms with van der Waals surface area (Å²) in [6.07, 6.45) is 0.854. The predicted octanol–water partition coefficient (Wildman–Crippen LogP) is 4.83. The molecule has 0 fully saturated rings. The number of thioether (sulfide) groups is 1. The molecule has 2 amide bonds. The van der Waals surface area contributed by atoms with Crippen molar-refractivity contribution in [1.29, 1.82) is 0 Å². The van der Waals surface area contributed by atoms with Crippen molar-refractivity contribution in [2.75, 3.05) is 12.3 Å². The van der Waals surface area contributed by atoms with Crippen LogP contribution in [0, 0.1) is 6.92 Å². The molecule has 0 radical (unpaired) electrons. The maximum absolute atomic E-state index is 13.0. The van der Waals surface area contributed by atoms with Crippen LogP contribution < -0.4 is 5.32 Å². The van der Waals surface area contributed by atoms with Crippen LogP contribution in [-0.2, 0) is 21.9 Å². The minimum atomic E-state index is -0.548. The summed E-state index contributed by atoms with van der Waals surface area (Å²) in [4.78, 5) is 27.1. The van der Waals surface area contributed by atoms with Gasteiger partial charge in [-0.25, -0.2) is 0 Å². The zero-order chi connectivity index (χ0) is 21.2. The number of carbonyl (C=O) groups is 2. The van der Waals surface area contributed by atoms with Crippen molar-refractivity contribution in [2.45, 2.75) is 45.5 Å². The van der Waals surface area contributed by atoms with E-state index in [1.807, 2.05) is 25.1 Å². The average molecular weight is 433 g/mol. The summed E-state index contributed by atoms with van der Waals surface area (Å²) in [7, 11) is 0. The van der Waals surface area contributed by atoms with Gasteiger partial charge in [-0.1, -0.05) is 60.5 Å². The first-order valence-corrected chi connectivity index (χ1v) is 11.4. The van der Waals surface area contributed by atoms with Crippen molar-refractivity contribution < 1.29 is 9.59 Å². The summed E-state index contributed by atoms with van der Waals surface area (Å²) in [5, 5.41) is 3.50. The van der Waals surface area contributed by atoms with Gasteiger partial charge in [0.05, 0.1) is 5.75 Å². The van der Waals surface area contributed by atoms with Gasteiger partial charge in [0.2, 0.25) is 11.8 Å². The van der Waals surface area contributed by atoms with Crippen molar-refractivity contribution in [1.82, 2.24) is 10.2 Å². The van der Waals surface area contributed by atoms with Crippen molar-refractivity contribution in [2.24, 2.45) is 0 Å². The minimum absolute atomic E-state index is 0.0544. The Labute approximate surface area is 183 Å². The molecule has 1 N–H and O–H groups in total. The fourth-order valence-corrected chi connectivity index (χ4v) is 3.92. The Morgan fingerprint density at radius 2 is 1.86 bits per heavy atom. The summed E-state index contributed by atoms with van der Waals surface area (Å²) in [5.74, 6) is 0.889. The number of aryl methyl sites for hydroxylation is 1. The molecule has 2 aromatic rings. The van der Waals surface area contributed by atoms with Crippen LogP contribution in [0.2, 0.25) is 5.02 Å². The fourth-order valence-electron chi connectivity index (χ4n) is 2.83. The normalized spacial score (nSPS) is 11.7. The summed E-state index contributed by atoms with van der Waals surface area (Å²) >= 11 is 7.65. The lowest BCUT2D eigenvalue weighted by atomic mass is 10.1. The Morgan fingerprint density at radius 3 is 2.52 bits per heavy atom. The van der Waals surface area contributed by atoms with E-state index < -0.39 is 6.04 Å². The zero-order valence-corrected chi connectivity index (χ0v) is 18.9. The maximum atomic E-state index is 13.0. The highest BCUT2D eigenvalue weighted by molar-refractivity contribution is 7.99. The number of carbonyl (C=O) groups excluding carboxylic acids is 2. The van der Waals surface area contributed by atoms with Crippen molar-refractivity contribution in [3.8, 4) is 0 Å². The van der Waals surface area contributed by atoms with Crippen LogP contribution >= 0.6 is 23.4 Å². The lowest BCUT2D eigenvalue weighted by molar-refractivity contribution is -0.138. The van der Waals surface area contributed by atoms with E-state index in [-0.39, 0.29) is 11.8 Å². The molecule has 0 aliphatic rings. The van der Waals surface area contributed by atoms with Gasteiger partial charge in [0.25, 0.3) is 0 Å². The third-order valence-electron chi connectivity index (χ3n) is 4.57. The lowest BCUT2D eigenvalue weighted by Gasteiger charge is -2.28. The number of nitrogens with zero attached hydrogens (tertiary/aromatic N) is 1. The van der Waals surface area contributed by atoms with Crippen molar-refractivity contribution >= 4 is 35.2 Å². The predicted molar refractivity (Wildman–Crippen MR) is 122 cm³/mol. The van der Waals surface area contributed by atoms with E-state index >= 15 is 0 Å². The number of amides is 2. The van der Waals surface area contributed by atoms with Gasteiger partial charge in [0.15, 0.2) is 0 Å². The molecule has 0 aliphatic heterocycles. The zero-order valence-electron chi connectivity index (χ0n) is 17.3. The van der Waals surface area contributed by atoms with Gasteiger partial charge in [0, 0.05) is 23.9 Å². The Balaban J connectivity index is 2.04. The van der Waals surface area contributed by atoms with Crippen LogP contribution in [-0.4, -0.2) is 35.1 Å².